The monoisotopic (exact) mass is 197 g/mol. The highest BCUT2D eigenvalue weighted by molar-refractivity contribution is 6.29. The Labute approximate surface area is 80.4 Å². The lowest BCUT2D eigenvalue weighted by molar-refractivity contribution is -0.112. The van der Waals surface area contributed by atoms with E-state index in [1.54, 1.807) is 0 Å². The molecule has 2 N–H and O–H groups in total. The van der Waals surface area contributed by atoms with E-state index in [4.69, 9.17) is 17.3 Å². The van der Waals surface area contributed by atoms with Crippen molar-refractivity contribution in [1.82, 2.24) is 9.97 Å². The maximum atomic E-state index is 10.6. The molecule has 1 aromatic heterocycles. The fraction of sp³-hybridized carbons (Fsp3) is 0.125. The van der Waals surface area contributed by atoms with E-state index in [-0.39, 0.29) is 16.9 Å². The number of hydrogen-bond acceptors (Lipinski definition) is 4. The molecule has 0 amide bonds. The number of hydrogen-bond donors (Lipinski definition) is 1. The molecular formula is C8H8ClN3O. The average molecular weight is 198 g/mol. The van der Waals surface area contributed by atoms with Crippen LogP contribution in [0.1, 0.15) is 12.6 Å². The van der Waals surface area contributed by atoms with E-state index in [9.17, 15) is 4.79 Å². The van der Waals surface area contributed by atoms with Crippen LogP contribution in [0.15, 0.2) is 12.1 Å². The van der Waals surface area contributed by atoms with Gasteiger partial charge in [-0.1, -0.05) is 11.6 Å². The van der Waals surface area contributed by atoms with Crippen molar-refractivity contribution in [3.63, 3.8) is 0 Å². The summed E-state index contributed by atoms with van der Waals surface area (Å²) < 4.78 is 0. The van der Waals surface area contributed by atoms with E-state index in [0.717, 1.165) is 0 Å². The molecule has 0 saturated heterocycles. The molecule has 0 bridgehead atoms. The Morgan fingerprint density at radius 1 is 1.62 bits per heavy atom. The van der Waals surface area contributed by atoms with Crippen molar-refractivity contribution in [2.24, 2.45) is 0 Å². The molecule has 68 valence electrons. The molecule has 13 heavy (non-hydrogen) atoms. The molecule has 4 nitrogen and oxygen atoms in total. The summed E-state index contributed by atoms with van der Waals surface area (Å²) in [5.41, 5.74) is 5.86. The molecule has 0 aliphatic heterocycles. The molecule has 0 radical (unpaired) electrons. The fourth-order valence-electron chi connectivity index (χ4n) is 0.741. The highest BCUT2D eigenvalue weighted by atomic mass is 35.5. The van der Waals surface area contributed by atoms with Crippen LogP contribution >= 0.6 is 11.6 Å². The topological polar surface area (TPSA) is 68.9 Å². The zero-order valence-electron chi connectivity index (χ0n) is 6.99. The van der Waals surface area contributed by atoms with E-state index < -0.39 is 0 Å². The molecule has 0 aliphatic carbocycles. The summed E-state index contributed by atoms with van der Waals surface area (Å²) >= 11 is 5.62. The fourth-order valence-corrected chi connectivity index (χ4v) is 0.940. The second kappa shape index (κ2) is 4.00. The SMILES string of the molecule is CC(=O)/C=C/c1cc(Cl)nc(N)n1. The van der Waals surface area contributed by atoms with Gasteiger partial charge in [-0.2, -0.15) is 0 Å². The number of anilines is 1. The Morgan fingerprint density at radius 3 is 2.85 bits per heavy atom. The Kier molecular flexibility index (Phi) is 2.97. The van der Waals surface area contributed by atoms with Gasteiger partial charge in [0.1, 0.15) is 5.15 Å². The molecule has 0 spiro atoms. The van der Waals surface area contributed by atoms with Gasteiger partial charge in [-0.05, 0) is 19.1 Å². The Balaban J connectivity index is 2.95. The highest BCUT2D eigenvalue weighted by Crippen LogP contribution is 2.09. The van der Waals surface area contributed by atoms with Crippen molar-refractivity contribution in [2.45, 2.75) is 6.92 Å². The van der Waals surface area contributed by atoms with Crippen molar-refractivity contribution < 1.29 is 4.79 Å². The molecule has 1 heterocycles. The number of rotatable bonds is 2. The van der Waals surface area contributed by atoms with Crippen LogP contribution in [0.5, 0.6) is 0 Å². The first kappa shape index (κ1) is 9.67. The molecule has 0 aromatic carbocycles. The van der Waals surface area contributed by atoms with Gasteiger partial charge >= 0.3 is 0 Å². The van der Waals surface area contributed by atoms with Gasteiger partial charge in [0, 0.05) is 6.07 Å². The minimum atomic E-state index is -0.0618. The lowest BCUT2D eigenvalue weighted by atomic mass is 10.3. The predicted octanol–water partition coefficient (Wildman–Crippen LogP) is 1.31. The third-order valence-corrected chi connectivity index (χ3v) is 1.41. The van der Waals surface area contributed by atoms with Crippen molar-refractivity contribution in [3.05, 3.63) is 23.0 Å². The predicted molar refractivity (Wildman–Crippen MR) is 51.2 cm³/mol. The van der Waals surface area contributed by atoms with Crippen LogP contribution in [-0.2, 0) is 4.79 Å². The summed E-state index contributed by atoms with van der Waals surface area (Å²) in [6.45, 7) is 1.45. The number of allylic oxidation sites excluding steroid dienone is 1. The van der Waals surface area contributed by atoms with E-state index >= 15 is 0 Å². The van der Waals surface area contributed by atoms with Crippen LogP contribution in [0.25, 0.3) is 6.08 Å². The molecule has 0 atom stereocenters. The number of carbonyl (C=O) groups is 1. The van der Waals surface area contributed by atoms with Crippen LogP contribution in [0, 0.1) is 0 Å². The summed E-state index contributed by atoms with van der Waals surface area (Å²) in [6.07, 6.45) is 2.92. The molecule has 0 fully saturated rings. The first-order valence-corrected chi connectivity index (χ1v) is 3.94. The quantitative estimate of drug-likeness (QED) is 0.574. The average Bonchev–Trinajstić information content (AvgIpc) is 1.99. The molecule has 1 aromatic rings. The molecule has 0 unspecified atom stereocenters. The van der Waals surface area contributed by atoms with Gasteiger partial charge in [0.25, 0.3) is 0 Å². The number of nitrogen functional groups attached to an aromatic ring is 1. The second-order valence-corrected chi connectivity index (χ2v) is 2.80. The van der Waals surface area contributed by atoms with E-state index in [0.29, 0.717) is 5.69 Å². The molecule has 5 heteroatoms. The first-order valence-electron chi connectivity index (χ1n) is 3.56. The number of halogens is 1. The van der Waals surface area contributed by atoms with Crippen molar-refractivity contribution in [3.8, 4) is 0 Å². The number of ketones is 1. The maximum absolute atomic E-state index is 10.6. The minimum Gasteiger partial charge on any atom is -0.368 e. The highest BCUT2D eigenvalue weighted by Gasteiger charge is 1.96. The van der Waals surface area contributed by atoms with E-state index in [1.165, 1.54) is 25.1 Å². The third-order valence-electron chi connectivity index (χ3n) is 1.22. The zero-order valence-corrected chi connectivity index (χ0v) is 7.75. The maximum Gasteiger partial charge on any atom is 0.221 e. The lowest BCUT2D eigenvalue weighted by Crippen LogP contribution is -1.96. The van der Waals surface area contributed by atoms with Gasteiger partial charge in [0.15, 0.2) is 5.78 Å². The van der Waals surface area contributed by atoms with Crippen LogP contribution in [0.2, 0.25) is 5.15 Å². The van der Waals surface area contributed by atoms with Gasteiger partial charge in [-0.3, -0.25) is 4.79 Å². The van der Waals surface area contributed by atoms with Gasteiger partial charge in [-0.15, -0.1) is 0 Å². The standard InChI is InChI=1S/C8H8ClN3O/c1-5(13)2-3-6-4-7(9)12-8(10)11-6/h2-4H,1H3,(H2,10,11,12)/b3-2+. The van der Waals surface area contributed by atoms with Crippen molar-refractivity contribution >= 4 is 29.4 Å². The van der Waals surface area contributed by atoms with Crippen molar-refractivity contribution in [1.29, 1.82) is 0 Å². The summed E-state index contributed by atoms with van der Waals surface area (Å²) in [5, 5.41) is 0.260. The van der Waals surface area contributed by atoms with Crippen molar-refractivity contribution in [2.75, 3.05) is 5.73 Å². The molecule has 1 rings (SSSR count). The van der Waals surface area contributed by atoms with Gasteiger partial charge < -0.3 is 5.73 Å². The Hall–Kier alpha value is -1.42. The number of aromatic nitrogens is 2. The Bertz CT molecular complexity index is 342. The van der Waals surface area contributed by atoms with E-state index in [2.05, 4.69) is 9.97 Å². The zero-order chi connectivity index (χ0) is 9.84. The number of nitrogens with zero attached hydrogens (tertiary/aromatic N) is 2. The molecule has 0 saturated carbocycles. The lowest BCUT2D eigenvalue weighted by Gasteiger charge is -1.95. The Morgan fingerprint density at radius 2 is 2.31 bits per heavy atom. The van der Waals surface area contributed by atoms with Crippen LogP contribution < -0.4 is 5.73 Å². The minimum absolute atomic E-state index is 0.0618. The van der Waals surface area contributed by atoms with Gasteiger partial charge in [-0.25, -0.2) is 9.97 Å². The summed E-state index contributed by atoms with van der Waals surface area (Å²) in [5.74, 6) is 0.0315. The second-order valence-electron chi connectivity index (χ2n) is 2.42. The van der Waals surface area contributed by atoms with Crippen LogP contribution in [-0.4, -0.2) is 15.8 Å². The van der Waals surface area contributed by atoms with Gasteiger partial charge in [0.05, 0.1) is 5.69 Å². The largest absolute Gasteiger partial charge is 0.368 e. The normalized spacial score (nSPS) is 10.6. The van der Waals surface area contributed by atoms with Crippen LogP contribution in [0.4, 0.5) is 5.95 Å². The number of carbonyl (C=O) groups excluding carboxylic acids is 1. The van der Waals surface area contributed by atoms with E-state index in [1.807, 2.05) is 0 Å². The third kappa shape index (κ3) is 3.21. The number of nitrogens with two attached hydrogens (primary N) is 1. The summed E-state index contributed by atoms with van der Waals surface area (Å²) in [7, 11) is 0. The summed E-state index contributed by atoms with van der Waals surface area (Å²) in [4.78, 5) is 18.1. The molecule has 0 aliphatic rings. The molecular weight excluding hydrogens is 190 g/mol. The summed E-state index contributed by atoms with van der Waals surface area (Å²) in [6, 6.07) is 1.53. The smallest absolute Gasteiger partial charge is 0.221 e. The first-order chi connectivity index (χ1) is 6.08. The van der Waals surface area contributed by atoms with Gasteiger partial charge in [0.2, 0.25) is 5.95 Å². The van der Waals surface area contributed by atoms with Crippen LogP contribution in [0.3, 0.4) is 0 Å².